The van der Waals surface area contributed by atoms with Gasteiger partial charge in [0.05, 0.1) is 37.3 Å². The highest BCUT2D eigenvalue weighted by Gasteiger charge is 2.40. The molecule has 1 amide bonds. The van der Waals surface area contributed by atoms with Gasteiger partial charge in [0.1, 0.15) is 41.1 Å². The van der Waals surface area contributed by atoms with Gasteiger partial charge in [-0.3, -0.25) is 14.7 Å². The van der Waals surface area contributed by atoms with E-state index in [1.807, 2.05) is 45.2 Å². The summed E-state index contributed by atoms with van der Waals surface area (Å²) in [4.78, 5) is 40.6. The minimum absolute atomic E-state index is 0.0279. The second-order valence-electron chi connectivity index (χ2n) is 15.9. The molecule has 3 N–H and O–H groups in total. The second-order valence-corrected chi connectivity index (χ2v) is 18.6. The molecule has 63 heavy (non-hydrogen) atoms. The number of amides is 1. The second kappa shape index (κ2) is 24.1. The third-order valence-corrected chi connectivity index (χ3v) is 13.8. The van der Waals surface area contributed by atoms with Crippen LogP contribution in [-0.4, -0.2) is 145 Å². The summed E-state index contributed by atoms with van der Waals surface area (Å²) < 4.78 is 58.4. The fraction of sp³-hybridized carbons (Fsp3) is 0.533. The molecular weight excluding hydrogens is 856 g/mol. The van der Waals surface area contributed by atoms with Crippen molar-refractivity contribution in [2.45, 2.75) is 76.3 Å². The Labute approximate surface area is 375 Å². The van der Waals surface area contributed by atoms with Crippen molar-refractivity contribution in [1.29, 1.82) is 0 Å². The maximum Gasteiger partial charge on any atom is 0.318 e. The number of carbonyl (C=O) groups excluding carboxylic acids is 2. The Bertz CT molecular complexity index is 2170. The number of terminal acetylenes is 1. The standard InChI is InChI=1S/C27H21F2N5O3.C7H12FN.C6H14O2S2.C5H11NO/c1-3-18-21(28)7-4-14-8-17(36)9-19(22(14)18)24-23(29)25-20(10-30-24)26(32-27(31-25)37-2)33-11-15-5-6-16(12-33)34(15)13-35;8-6-4-7-2-1-3-9(7)5-6;1-7-3-5-9-10-6-4-8-2;1-4(2)5(6)3-7/h1,4,7-10,13,15-16,36H,5-6,11-12H2,2H3;6-7H,1-5H2;3-6H2,1-2H3;3-5H,6H2,1-2H3/t;6-,7?;;/m.1../s1. The molecule has 4 aliphatic rings. The Morgan fingerprint density at radius 1 is 1.00 bits per heavy atom. The van der Waals surface area contributed by atoms with Gasteiger partial charge in [0.2, 0.25) is 6.41 Å². The van der Waals surface area contributed by atoms with Crippen LogP contribution in [0.1, 0.15) is 51.5 Å². The van der Waals surface area contributed by atoms with Crippen LogP contribution in [-0.2, 0) is 19.1 Å². The van der Waals surface area contributed by atoms with Crippen LogP contribution in [0.25, 0.3) is 32.9 Å². The van der Waals surface area contributed by atoms with Crippen molar-refractivity contribution in [3.8, 4) is 35.4 Å². The number of fused-ring (bicyclic) bond motifs is 5. The molecule has 4 saturated heterocycles. The number of pyridine rings is 1. The summed E-state index contributed by atoms with van der Waals surface area (Å²) in [5.41, 5.74) is 5.15. The lowest BCUT2D eigenvalue weighted by Crippen LogP contribution is -2.53. The summed E-state index contributed by atoms with van der Waals surface area (Å²) in [5.74, 6) is 3.61. The molecule has 0 aliphatic carbocycles. The van der Waals surface area contributed by atoms with Crippen LogP contribution in [0.4, 0.5) is 19.0 Å². The first-order valence-corrected chi connectivity index (χ1v) is 23.5. The molecule has 4 aliphatic heterocycles. The van der Waals surface area contributed by atoms with Crippen LogP contribution in [0.2, 0.25) is 0 Å². The number of anilines is 1. The van der Waals surface area contributed by atoms with Crippen molar-refractivity contribution < 1.29 is 42.1 Å². The van der Waals surface area contributed by atoms with Gasteiger partial charge in [-0.1, -0.05) is 47.4 Å². The number of aromatic hydroxyl groups is 1. The minimum atomic E-state index is -0.784. The third-order valence-electron chi connectivity index (χ3n) is 11.4. The minimum Gasteiger partial charge on any atom is -0.508 e. The largest absolute Gasteiger partial charge is 0.508 e. The van der Waals surface area contributed by atoms with Gasteiger partial charge in [0, 0.05) is 80.6 Å². The first-order valence-electron chi connectivity index (χ1n) is 21.0. The molecule has 2 aromatic heterocycles. The number of benzene rings is 2. The van der Waals surface area contributed by atoms with Crippen LogP contribution >= 0.6 is 21.6 Å². The van der Waals surface area contributed by atoms with Crippen molar-refractivity contribution in [2.75, 3.05) is 77.1 Å². The number of methoxy groups -OCH3 is 3. The Morgan fingerprint density at radius 3 is 2.24 bits per heavy atom. The molecule has 0 spiro atoms. The number of piperazine rings is 1. The van der Waals surface area contributed by atoms with Crippen molar-refractivity contribution in [1.82, 2.24) is 24.8 Å². The summed E-state index contributed by atoms with van der Waals surface area (Å²) in [5, 5.41) is 11.4. The summed E-state index contributed by atoms with van der Waals surface area (Å²) >= 11 is 0. The average molecular weight is 914 g/mol. The molecule has 8 rings (SSSR count). The maximum absolute atomic E-state index is 16.2. The summed E-state index contributed by atoms with van der Waals surface area (Å²) in [6.07, 6.45) is 13.3. The van der Waals surface area contributed by atoms with Crippen LogP contribution in [0.15, 0.2) is 30.5 Å². The van der Waals surface area contributed by atoms with E-state index in [0.29, 0.717) is 42.3 Å². The smallest absolute Gasteiger partial charge is 0.318 e. The van der Waals surface area contributed by atoms with Crippen molar-refractivity contribution >= 4 is 61.8 Å². The highest BCUT2D eigenvalue weighted by molar-refractivity contribution is 8.76. The van der Waals surface area contributed by atoms with Gasteiger partial charge >= 0.3 is 6.01 Å². The highest BCUT2D eigenvalue weighted by atomic mass is 33.1. The van der Waals surface area contributed by atoms with E-state index in [2.05, 4.69) is 25.8 Å². The van der Waals surface area contributed by atoms with Crippen molar-refractivity contribution in [3.05, 3.63) is 47.7 Å². The normalized spacial score (nSPS) is 20.5. The van der Waals surface area contributed by atoms with Crippen molar-refractivity contribution in [2.24, 2.45) is 11.7 Å². The van der Waals surface area contributed by atoms with Gasteiger partial charge in [-0.15, -0.1) is 6.42 Å². The topological polar surface area (TPSA) is 156 Å². The molecule has 0 saturated carbocycles. The first-order chi connectivity index (χ1) is 30.4. The average Bonchev–Trinajstić information content (AvgIpc) is 3.94. The molecule has 4 unspecified atom stereocenters. The Kier molecular flexibility index (Phi) is 19.0. The van der Waals surface area contributed by atoms with Crippen LogP contribution < -0.4 is 15.4 Å². The zero-order chi connectivity index (χ0) is 45.6. The van der Waals surface area contributed by atoms with Gasteiger partial charge in [-0.25, -0.2) is 13.2 Å². The van der Waals surface area contributed by atoms with Crippen LogP contribution in [0.5, 0.6) is 11.8 Å². The van der Waals surface area contributed by atoms with Gasteiger partial charge in [0.25, 0.3) is 0 Å². The number of nitrogens with zero attached hydrogens (tertiary/aromatic N) is 6. The van der Waals surface area contributed by atoms with E-state index in [9.17, 15) is 23.5 Å². The number of ether oxygens (including phenoxy) is 3. The van der Waals surface area contributed by atoms with Crippen molar-refractivity contribution in [3.63, 3.8) is 0 Å². The van der Waals surface area contributed by atoms with Crippen LogP contribution in [0.3, 0.4) is 0 Å². The molecule has 2 aromatic carbocycles. The molecule has 2 bridgehead atoms. The highest BCUT2D eigenvalue weighted by Crippen LogP contribution is 2.40. The SMILES string of the molecule is C#Cc1c(F)ccc2cc(O)cc(-c3ncc4c(N5CC6CCC(C5)N6C=O)nc(OC)nc4c3F)c12.CC(C)C(N)C=O.COCCSSCCOC.F[C@@H]1CC2CCCN2C1. The number of aldehydes is 1. The van der Waals surface area contributed by atoms with E-state index in [4.69, 9.17) is 26.4 Å². The number of phenolic OH excluding ortho intramolecular Hbond substituents is 1. The number of alkyl halides is 1. The molecule has 5 atom stereocenters. The predicted octanol–water partition coefficient (Wildman–Crippen LogP) is 6.65. The summed E-state index contributed by atoms with van der Waals surface area (Å²) in [6, 6.07) is 5.78. The molecule has 4 aromatic rings. The lowest BCUT2D eigenvalue weighted by molar-refractivity contribution is -0.121. The predicted molar refractivity (Wildman–Crippen MR) is 245 cm³/mol. The van der Waals surface area contributed by atoms with E-state index >= 15 is 4.39 Å². The fourth-order valence-corrected chi connectivity index (χ4v) is 9.93. The van der Waals surface area contributed by atoms with Gasteiger partial charge in [0.15, 0.2) is 5.82 Å². The molecular formula is C45H58F3N7O6S2. The molecule has 0 radical (unpaired) electrons. The molecule has 342 valence electrons. The Hall–Kier alpha value is -4.38. The third kappa shape index (κ3) is 12.5. The van der Waals surface area contributed by atoms with Gasteiger partial charge < -0.3 is 39.6 Å². The Morgan fingerprint density at radius 2 is 1.68 bits per heavy atom. The first kappa shape index (κ1) is 49.6. The van der Waals surface area contributed by atoms with E-state index in [1.165, 1.54) is 50.4 Å². The number of aromatic nitrogens is 3. The number of phenols is 1. The number of hydrogen-bond donors (Lipinski definition) is 2. The molecule has 18 heteroatoms. The quantitative estimate of drug-likeness (QED) is 0.0636. The monoisotopic (exact) mass is 913 g/mol. The summed E-state index contributed by atoms with van der Waals surface area (Å²) in [7, 11) is 8.50. The molecule has 6 heterocycles. The van der Waals surface area contributed by atoms with E-state index in [1.54, 1.807) is 14.2 Å². The molecule has 4 fully saturated rings. The number of halogens is 3. The number of nitrogens with two attached hydrogens (primary N) is 1. The lowest BCUT2D eigenvalue weighted by Gasteiger charge is -2.39. The maximum atomic E-state index is 16.2. The number of hydrogen-bond acceptors (Lipinski definition) is 14. The van der Waals surface area contributed by atoms with Gasteiger partial charge in [-0.05, 0) is 68.2 Å². The Balaban J connectivity index is 0.000000232. The number of carbonyl (C=O) groups is 2. The van der Waals surface area contributed by atoms with E-state index < -0.39 is 17.8 Å². The van der Waals surface area contributed by atoms with Crippen LogP contribution in [0, 0.1) is 29.9 Å². The van der Waals surface area contributed by atoms with E-state index in [-0.39, 0.29) is 63.5 Å². The fourth-order valence-electron chi connectivity index (χ4n) is 8.11. The lowest BCUT2D eigenvalue weighted by atomic mass is 9.96. The zero-order valence-corrected chi connectivity index (χ0v) is 38.1. The number of rotatable bonds is 13. The van der Waals surface area contributed by atoms with Gasteiger partial charge in [-0.2, -0.15) is 9.97 Å². The molecule has 13 nitrogen and oxygen atoms in total. The summed E-state index contributed by atoms with van der Waals surface area (Å²) in [6.45, 7) is 8.44. The van der Waals surface area contributed by atoms with E-state index in [0.717, 1.165) is 63.2 Å². The zero-order valence-electron chi connectivity index (χ0n) is 36.5.